The lowest BCUT2D eigenvalue weighted by molar-refractivity contribution is 0.406. The van der Waals surface area contributed by atoms with E-state index in [2.05, 4.69) is 10.1 Å². The third-order valence-electron chi connectivity index (χ3n) is 2.68. The Labute approximate surface area is 99.7 Å². The fourth-order valence-electron chi connectivity index (χ4n) is 1.82. The zero-order valence-electron chi connectivity index (χ0n) is 10.1. The minimum Gasteiger partial charge on any atom is -0.505 e. The first kappa shape index (κ1) is 11.4. The highest BCUT2D eigenvalue weighted by Gasteiger charge is 2.10. The van der Waals surface area contributed by atoms with Crippen molar-refractivity contribution in [2.24, 2.45) is 0 Å². The number of hydrogen-bond acceptors (Lipinski definition) is 4. The second-order valence-corrected chi connectivity index (χ2v) is 3.94. The molecule has 0 saturated heterocycles. The van der Waals surface area contributed by atoms with Crippen LogP contribution in [0.2, 0.25) is 0 Å². The first-order valence-electron chi connectivity index (χ1n) is 5.32. The summed E-state index contributed by atoms with van der Waals surface area (Å²) in [6, 6.07) is 0. The topological polar surface area (TPSA) is 60.2 Å². The van der Waals surface area contributed by atoms with Crippen molar-refractivity contribution in [3.8, 4) is 11.5 Å². The molecule has 0 bridgehead atoms. The second kappa shape index (κ2) is 4.45. The van der Waals surface area contributed by atoms with E-state index >= 15 is 0 Å². The summed E-state index contributed by atoms with van der Waals surface area (Å²) in [4.78, 5) is 4.37. The second-order valence-electron chi connectivity index (χ2n) is 3.94. The van der Waals surface area contributed by atoms with Crippen LogP contribution in [-0.4, -0.2) is 27.0 Å². The quantitative estimate of drug-likeness (QED) is 0.875. The maximum atomic E-state index is 9.22. The van der Waals surface area contributed by atoms with Crippen LogP contribution in [0, 0.1) is 13.8 Å². The van der Waals surface area contributed by atoms with E-state index in [1.165, 1.54) is 6.20 Å². The molecule has 0 aromatic carbocycles. The predicted octanol–water partition coefficient (Wildman–Crippen LogP) is 1.66. The molecule has 2 aromatic heterocycles. The number of ether oxygens (including phenoxy) is 1. The summed E-state index contributed by atoms with van der Waals surface area (Å²) in [5.41, 5.74) is 2.90. The van der Waals surface area contributed by atoms with Crippen LogP contribution in [0.15, 0.2) is 18.6 Å². The molecule has 0 aliphatic carbocycles. The van der Waals surface area contributed by atoms with Crippen LogP contribution in [0.4, 0.5) is 0 Å². The number of aromatic hydroxyl groups is 1. The highest BCUT2D eigenvalue weighted by Crippen LogP contribution is 2.24. The third-order valence-corrected chi connectivity index (χ3v) is 2.68. The average Bonchev–Trinajstić information content (AvgIpc) is 2.69. The summed E-state index contributed by atoms with van der Waals surface area (Å²) < 4.78 is 6.98. The van der Waals surface area contributed by atoms with E-state index in [9.17, 15) is 5.11 Å². The fraction of sp³-hybridized carbons (Fsp3) is 0.333. The molecule has 5 heteroatoms. The standard InChI is InChI=1S/C12H15N3O2/c1-8-4-13-11(9(2)12(8)17-3)7-15-6-10(16)5-14-15/h4-6,16H,7H2,1-3H3. The Morgan fingerprint density at radius 1 is 1.35 bits per heavy atom. The molecule has 0 aliphatic heterocycles. The maximum absolute atomic E-state index is 9.22. The van der Waals surface area contributed by atoms with E-state index in [0.29, 0.717) is 6.54 Å². The van der Waals surface area contributed by atoms with E-state index in [4.69, 9.17) is 4.74 Å². The van der Waals surface area contributed by atoms with Gasteiger partial charge in [0.15, 0.2) is 5.75 Å². The zero-order valence-corrected chi connectivity index (χ0v) is 10.1. The van der Waals surface area contributed by atoms with Crippen LogP contribution in [-0.2, 0) is 6.54 Å². The summed E-state index contributed by atoms with van der Waals surface area (Å²) in [6.45, 7) is 4.45. The van der Waals surface area contributed by atoms with Gasteiger partial charge in [0.05, 0.1) is 31.7 Å². The minimum atomic E-state index is 0.154. The summed E-state index contributed by atoms with van der Waals surface area (Å²) >= 11 is 0. The first-order valence-corrected chi connectivity index (χ1v) is 5.32. The van der Waals surface area contributed by atoms with E-state index in [1.54, 1.807) is 24.2 Å². The van der Waals surface area contributed by atoms with Crippen LogP contribution in [0.25, 0.3) is 0 Å². The largest absolute Gasteiger partial charge is 0.505 e. The molecule has 0 amide bonds. The van der Waals surface area contributed by atoms with Crippen LogP contribution < -0.4 is 4.74 Å². The molecule has 2 rings (SSSR count). The highest BCUT2D eigenvalue weighted by molar-refractivity contribution is 5.41. The third kappa shape index (κ3) is 2.22. The minimum absolute atomic E-state index is 0.154. The van der Waals surface area contributed by atoms with E-state index < -0.39 is 0 Å². The smallest absolute Gasteiger partial charge is 0.153 e. The number of pyridine rings is 1. The van der Waals surface area contributed by atoms with Crippen molar-refractivity contribution < 1.29 is 9.84 Å². The Morgan fingerprint density at radius 2 is 2.12 bits per heavy atom. The van der Waals surface area contributed by atoms with E-state index in [-0.39, 0.29) is 5.75 Å². The SMILES string of the molecule is COc1c(C)cnc(Cn2cc(O)cn2)c1C. The molecule has 0 saturated carbocycles. The summed E-state index contributed by atoms with van der Waals surface area (Å²) in [6.07, 6.45) is 4.75. The fourth-order valence-corrected chi connectivity index (χ4v) is 1.82. The summed E-state index contributed by atoms with van der Waals surface area (Å²) in [5.74, 6) is 1.01. The van der Waals surface area contributed by atoms with Crippen molar-refractivity contribution >= 4 is 0 Å². The summed E-state index contributed by atoms with van der Waals surface area (Å²) in [7, 11) is 1.65. The molecule has 90 valence electrons. The molecule has 2 aromatic rings. The lowest BCUT2D eigenvalue weighted by Gasteiger charge is -2.12. The number of methoxy groups -OCH3 is 1. The molecule has 0 unspecified atom stereocenters. The van der Waals surface area contributed by atoms with E-state index in [0.717, 1.165) is 22.6 Å². The average molecular weight is 233 g/mol. The van der Waals surface area contributed by atoms with Gasteiger partial charge in [0.25, 0.3) is 0 Å². The number of rotatable bonds is 3. The van der Waals surface area contributed by atoms with Crippen LogP contribution in [0.1, 0.15) is 16.8 Å². The molecule has 0 atom stereocenters. The van der Waals surface area contributed by atoms with Crippen molar-refractivity contribution in [2.75, 3.05) is 7.11 Å². The van der Waals surface area contributed by atoms with Gasteiger partial charge in [-0.15, -0.1) is 0 Å². The Kier molecular flexibility index (Phi) is 2.99. The monoisotopic (exact) mass is 233 g/mol. The molecule has 0 aliphatic rings. The molecular formula is C12H15N3O2. The van der Waals surface area contributed by atoms with E-state index in [1.807, 2.05) is 13.8 Å². The number of nitrogens with zero attached hydrogens (tertiary/aromatic N) is 3. The van der Waals surface area contributed by atoms with Gasteiger partial charge in [0.1, 0.15) is 5.75 Å². The van der Waals surface area contributed by atoms with Crippen molar-refractivity contribution in [3.63, 3.8) is 0 Å². The van der Waals surface area contributed by atoms with Gasteiger partial charge in [0, 0.05) is 17.3 Å². The van der Waals surface area contributed by atoms with Crippen LogP contribution >= 0.6 is 0 Å². The van der Waals surface area contributed by atoms with Crippen LogP contribution in [0.5, 0.6) is 11.5 Å². The van der Waals surface area contributed by atoms with Gasteiger partial charge in [-0.2, -0.15) is 5.10 Å². The Hall–Kier alpha value is -2.04. The number of aromatic nitrogens is 3. The molecule has 0 spiro atoms. The van der Waals surface area contributed by atoms with Gasteiger partial charge >= 0.3 is 0 Å². The Morgan fingerprint density at radius 3 is 2.71 bits per heavy atom. The molecule has 5 nitrogen and oxygen atoms in total. The number of aryl methyl sites for hydroxylation is 1. The van der Waals surface area contributed by atoms with Gasteiger partial charge in [-0.1, -0.05) is 0 Å². The molecule has 0 radical (unpaired) electrons. The van der Waals surface area contributed by atoms with Crippen LogP contribution in [0.3, 0.4) is 0 Å². The zero-order chi connectivity index (χ0) is 12.4. The molecule has 0 fully saturated rings. The van der Waals surface area contributed by atoms with Crippen molar-refractivity contribution in [2.45, 2.75) is 20.4 Å². The molecule has 2 heterocycles. The molecule has 17 heavy (non-hydrogen) atoms. The lowest BCUT2D eigenvalue weighted by Crippen LogP contribution is -2.06. The van der Waals surface area contributed by atoms with Crippen molar-refractivity contribution in [3.05, 3.63) is 35.4 Å². The van der Waals surface area contributed by atoms with Gasteiger partial charge in [-0.25, -0.2) is 0 Å². The molecule has 1 N–H and O–H groups in total. The highest BCUT2D eigenvalue weighted by atomic mass is 16.5. The lowest BCUT2D eigenvalue weighted by atomic mass is 10.1. The Balaban J connectivity index is 2.33. The van der Waals surface area contributed by atoms with Crippen molar-refractivity contribution in [1.29, 1.82) is 0 Å². The molecular weight excluding hydrogens is 218 g/mol. The first-order chi connectivity index (χ1) is 8.11. The van der Waals surface area contributed by atoms with Gasteiger partial charge in [-0.3, -0.25) is 9.67 Å². The van der Waals surface area contributed by atoms with Gasteiger partial charge in [0.2, 0.25) is 0 Å². The Bertz CT molecular complexity index is 535. The normalized spacial score (nSPS) is 10.5. The van der Waals surface area contributed by atoms with Gasteiger partial charge < -0.3 is 9.84 Å². The number of hydrogen-bond donors (Lipinski definition) is 1. The van der Waals surface area contributed by atoms with Crippen molar-refractivity contribution in [1.82, 2.24) is 14.8 Å². The predicted molar refractivity (Wildman–Crippen MR) is 63.3 cm³/mol. The summed E-state index contributed by atoms with van der Waals surface area (Å²) in [5, 5.41) is 13.2. The van der Waals surface area contributed by atoms with Gasteiger partial charge in [-0.05, 0) is 13.8 Å². The maximum Gasteiger partial charge on any atom is 0.153 e.